The van der Waals surface area contributed by atoms with Crippen LogP contribution in [0.2, 0.25) is 0 Å². The fourth-order valence-electron chi connectivity index (χ4n) is 3.44. The Kier molecular flexibility index (Phi) is 6.88. The number of rotatable bonds is 7. The highest BCUT2D eigenvalue weighted by Gasteiger charge is 2.41. The van der Waals surface area contributed by atoms with Crippen molar-refractivity contribution in [2.45, 2.75) is 39.3 Å². The quantitative estimate of drug-likeness (QED) is 0.733. The van der Waals surface area contributed by atoms with Crippen molar-refractivity contribution in [2.24, 2.45) is 11.8 Å². The van der Waals surface area contributed by atoms with Crippen molar-refractivity contribution in [1.82, 2.24) is 10.2 Å². The minimum absolute atomic E-state index is 0.167. The van der Waals surface area contributed by atoms with E-state index < -0.39 is 29.9 Å². The van der Waals surface area contributed by atoms with Crippen LogP contribution in [0.3, 0.4) is 0 Å². The lowest BCUT2D eigenvalue weighted by Gasteiger charge is -2.30. The maximum Gasteiger partial charge on any atom is 0.308 e. The number of carboxylic acids is 1. The fourth-order valence-corrected chi connectivity index (χ4v) is 3.44. The number of carbonyl (C=O) groups excluding carboxylic acids is 2. The van der Waals surface area contributed by atoms with Crippen molar-refractivity contribution in [3.05, 3.63) is 23.8 Å². The number of ether oxygens (including phenoxy) is 2. The van der Waals surface area contributed by atoms with Crippen LogP contribution in [0.15, 0.2) is 18.2 Å². The third kappa shape index (κ3) is 4.55. The summed E-state index contributed by atoms with van der Waals surface area (Å²) in [5.74, 6) is -1.42. The van der Waals surface area contributed by atoms with Crippen LogP contribution in [0, 0.1) is 11.8 Å². The number of nitrogens with one attached hydrogen (secondary N) is 1. The van der Waals surface area contributed by atoms with Crippen LogP contribution in [0.1, 0.15) is 37.6 Å². The van der Waals surface area contributed by atoms with Gasteiger partial charge >= 0.3 is 5.97 Å². The van der Waals surface area contributed by atoms with Gasteiger partial charge in [-0.2, -0.15) is 0 Å². The molecule has 0 aliphatic carbocycles. The molecule has 1 fully saturated rings. The first-order chi connectivity index (χ1) is 13.2. The summed E-state index contributed by atoms with van der Waals surface area (Å²) in [6.45, 7) is 5.77. The molecular weight excluding hydrogens is 364 g/mol. The molecular formula is C20H28N2O6. The second-order valence-corrected chi connectivity index (χ2v) is 7.30. The van der Waals surface area contributed by atoms with Crippen molar-refractivity contribution in [3.8, 4) is 11.5 Å². The summed E-state index contributed by atoms with van der Waals surface area (Å²) in [6.07, 6.45) is 0.411. The van der Waals surface area contributed by atoms with Gasteiger partial charge in [0.05, 0.1) is 20.1 Å². The third-order valence-corrected chi connectivity index (χ3v) is 5.19. The molecule has 3 unspecified atom stereocenters. The van der Waals surface area contributed by atoms with Gasteiger partial charge in [0.1, 0.15) is 17.5 Å². The number of benzene rings is 1. The van der Waals surface area contributed by atoms with Crippen molar-refractivity contribution in [2.75, 3.05) is 20.8 Å². The van der Waals surface area contributed by atoms with Crippen LogP contribution in [0.25, 0.3) is 0 Å². The first-order valence-electron chi connectivity index (χ1n) is 9.26. The standard InChI is InChI=1S/C20H28N2O6/c1-11(2)17(19(24)22-7-6-16(12(22)3)20(25)26)21-18(23)13-8-14(27-4)10-15(9-13)28-5/h8-12,16-17H,6-7H2,1-5H3,(H,21,23)(H,25,26). The molecule has 1 aliphatic heterocycles. The molecule has 1 aromatic carbocycles. The SMILES string of the molecule is COc1cc(OC)cc(C(=O)NC(C(=O)N2CCC(C(=O)O)C2C)C(C)C)c1. The zero-order valence-corrected chi connectivity index (χ0v) is 16.9. The average Bonchev–Trinajstić information content (AvgIpc) is 3.06. The predicted octanol–water partition coefficient (Wildman–Crippen LogP) is 1.78. The third-order valence-electron chi connectivity index (χ3n) is 5.19. The molecule has 0 spiro atoms. The number of likely N-dealkylation sites (tertiary alicyclic amines) is 1. The van der Waals surface area contributed by atoms with Gasteiger partial charge in [-0.05, 0) is 31.4 Å². The van der Waals surface area contributed by atoms with E-state index in [1.165, 1.54) is 14.2 Å². The molecule has 0 aromatic heterocycles. The minimum Gasteiger partial charge on any atom is -0.497 e. The lowest BCUT2D eigenvalue weighted by Crippen LogP contribution is -2.52. The van der Waals surface area contributed by atoms with Crippen molar-refractivity contribution >= 4 is 17.8 Å². The largest absolute Gasteiger partial charge is 0.497 e. The second kappa shape index (κ2) is 8.95. The molecule has 1 aliphatic rings. The monoisotopic (exact) mass is 392 g/mol. The minimum atomic E-state index is -0.906. The van der Waals surface area contributed by atoms with E-state index in [9.17, 15) is 19.5 Å². The van der Waals surface area contributed by atoms with Gasteiger partial charge in [0.25, 0.3) is 5.91 Å². The van der Waals surface area contributed by atoms with Gasteiger partial charge in [0.2, 0.25) is 5.91 Å². The predicted molar refractivity (Wildman–Crippen MR) is 103 cm³/mol. The van der Waals surface area contributed by atoms with E-state index in [-0.39, 0.29) is 11.8 Å². The molecule has 2 rings (SSSR count). The van der Waals surface area contributed by atoms with E-state index in [0.29, 0.717) is 30.0 Å². The number of methoxy groups -OCH3 is 2. The maximum absolute atomic E-state index is 13.0. The molecule has 1 aromatic rings. The van der Waals surface area contributed by atoms with E-state index in [1.807, 2.05) is 13.8 Å². The van der Waals surface area contributed by atoms with E-state index in [1.54, 1.807) is 30.0 Å². The average molecular weight is 392 g/mol. The summed E-state index contributed by atoms with van der Waals surface area (Å²) in [4.78, 5) is 38.7. The lowest BCUT2D eigenvalue weighted by molar-refractivity contribution is -0.143. The molecule has 2 amide bonds. The highest BCUT2D eigenvalue weighted by molar-refractivity contribution is 5.98. The van der Waals surface area contributed by atoms with Crippen molar-refractivity contribution < 1.29 is 29.0 Å². The summed E-state index contributed by atoms with van der Waals surface area (Å²) in [7, 11) is 2.98. The van der Waals surface area contributed by atoms with Crippen LogP contribution in [0.4, 0.5) is 0 Å². The van der Waals surface area contributed by atoms with Gasteiger partial charge in [0, 0.05) is 24.2 Å². The molecule has 154 valence electrons. The van der Waals surface area contributed by atoms with Gasteiger partial charge in [-0.3, -0.25) is 14.4 Å². The molecule has 0 radical (unpaired) electrons. The second-order valence-electron chi connectivity index (χ2n) is 7.30. The zero-order chi connectivity index (χ0) is 21.0. The number of carbonyl (C=O) groups is 3. The van der Waals surface area contributed by atoms with Crippen molar-refractivity contribution in [1.29, 1.82) is 0 Å². The number of carboxylic acid groups (broad SMARTS) is 1. The Bertz CT molecular complexity index is 726. The number of amides is 2. The van der Waals surface area contributed by atoms with Crippen LogP contribution >= 0.6 is 0 Å². The summed E-state index contributed by atoms with van der Waals surface area (Å²) in [6, 6.07) is 3.61. The highest BCUT2D eigenvalue weighted by Crippen LogP contribution is 2.26. The number of nitrogens with zero attached hydrogens (tertiary/aromatic N) is 1. The van der Waals surface area contributed by atoms with E-state index >= 15 is 0 Å². The van der Waals surface area contributed by atoms with Crippen molar-refractivity contribution in [3.63, 3.8) is 0 Å². The van der Waals surface area contributed by atoms with Crippen LogP contribution < -0.4 is 14.8 Å². The Balaban J connectivity index is 2.20. The van der Waals surface area contributed by atoms with Gasteiger partial charge in [-0.15, -0.1) is 0 Å². The Morgan fingerprint density at radius 3 is 2.14 bits per heavy atom. The summed E-state index contributed by atoms with van der Waals surface area (Å²) >= 11 is 0. The number of hydrogen-bond donors (Lipinski definition) is 2. The molecule has 8 nitrogen and oxygen atoms in total. The molecule has 1 saturated heterocycles. The first-order valence-corrected chi connectivity index (χ1v) is 9.26. The lowest BCUT2D eigenvalue weighted by atomic mass is 10.00. The molecule has 28 heavy (non-hydrogen) atoms. The molecule has 3 atom stereocenters. The Morgan fingerprint density at radius 2 is 1.71 bits per heavy atom. The Hall–Kier alpha value is -2.77. The van der Waals surface area contributed by atoms with Crippen LogP contribution in [-0.4, -0.2) is 60.6 Å². The molecule has 2 N–H and O–H groups in total. The Morgan fingerprint density at radius 1 is 1.14 bits per heavy atom. The van der Waals surface area contributed by atoms with E-state index in [0.717, 1.165) is 0 Å². The molecule has 0 saturated carbocycles. The smallest absolute Gasteiger partial charge is 0.308 e. The van der Waals surface area contributed by atoms with E-state index in [2.05, 4.69) is 5.32 Å². The Labute approximate surface area is 164 Å². The van der Waals surface area contributed by atoms with Gasteiger partial charge in [-0.25, -0.2) is 0 Å². The number of aliphatic carboxylic acids is 1. The van der Waals surface area contributed by atoms with Gasteiger partial charge < -0.3 is 24.8 Å². The first kappa shape index (κ1) is 21.5. The molecule has 1 heterocycles. The number of hydrogen-bond acceptors (Lipinski definition) is 5. The summed E-state index contributed by atoms with van der Waals surface area (Å²) < 4.78 is 10.4. The van der Waals surface area contributed by atoms with Crippen LogP contribution in [0.5, 0.6) is 11.5 Å². The molecule has 0 bridgehead atoms. The fraction of sp³-hybridized carbons (Fsp3) is 0.550. The highest BCUT2D eigenvalue weighted by atomic mass is 16.5. The molecule has 8 heteroatoms. The topological polar surface area (TPSA) is 105 Å². The summed E-state index contributed by atoms with van der Waals surface area (Å²) in [5, 5.41) is 12.1. The van der Waals surface area contributed by atoms with Gasteiger partial charge in [-0.1, -0.05) is 13.8 Å². The van der Waals surface area contributed by atoms with E-state index in [4.69, 9.17) is 9.47 Å². The maximum atomic E-state index is 13.0. The van der Waals surface area contributed by atoms with Crippen LogP contribution in [-0.2, 0) is 9.59 Å². The zero-order valence-electron chi connectivity index (χ0n) is 16.9. The van der Waals surface area contributed by atoms with Gasteiger partial charge in [0.15, 0.2) is 0 Å². The summed E-state index contributed by atoms with van der Waals surface area (Å²) in [5.41, 5.74) is 0.313. The normalized spacial score (nSPS) is 20.0.